The van der Waals surface area contributed by atoms with Gasteiger partial charge in [0.05, 0.1) is 5.56 Å². The number of H-pyrrole nitrogens is 1. The molecule has 1 unspecified atom stereocenters. The first-order chi connectivity index (χ1) is 10.0. The molecule has 2 nitrogen and oxygen atoms in total. The monoisotopic (exact) mass is 294 g/mol. The van der Waals surface area contributed by atoms with E-state index in [1.165, 1.54) is 12.1 Å². The van der Waals surface area contributed by atoms with Gasteiger partial charge in [-0.25, -0.2) is 0 Å². The fourth-order valence-corrected chi connectivity index (χ4v) is 3.96. The van der Waals surface area contributed by atoms with E-state index >= 15 is 0 Å². The van der Waals surface area contributed by atoms with E-state index < -0.39 is 11.7 Å². The van der Waals surface area contributed by atoms with Gasteiger partial charge in [-0.2, -0.15) is 13.2 Å². The Labute approximate surface area is 120 Å². The van der Waals surface area contributed by atoms with Crippen LogP contribution in [0.1, 0.15) is 29.7 Å². The number of alkyl halides is 3. The van der Waals surface area contributed by atoms with Crippen LogP contribution in [0.2, 0.25) is 0 Å². The molecular formula is C16H17F3N2. The minimum atomic E-state index is -4.29. The number of hydrogen-bond acceptors (Lipinski definition) is 1. The Morgan fingerprint density at radius 2 is 2.05 bits per heavy atom. The van der Waals surface area contributed by atoms with Crippen LogP contribution >= 0.6 is 0 Å². The van der Waals surface area contributed by atoms with Crippen molar-refractivity contribution >= 4 is 10.9 Å². The molecule has 1 atom stereocenters. The summed E-state index contributed by atoms with van der Waals surface area (Å²) in [5.41, 5.74) is 2.02. The van der Waals surface area contributed by atoms with Crippen molar-refractivity contribution in [2.75, 3.05) is 13.1 Å². The third-order valence-corrected chi connectivity index (χ3v) is 4.91. The number of rotatable bonds is 0. The molecule has 2 aromatic rings. The molecule has 0 bridgehead atoms. The molecule has 1 aromatic carbocycles. The highest BCUT2D eigenvalue weighted by molar-refractivity contribution is 5.88. The van der Waals surface area contributed by atoms with Gasteiger partial charge >= 0.3 is 6.18 Å². The summed E-state index contributed by atoms with van der Waals surface area (Å²) in [4.78, 5) is 5.66. The average Bonchev–Trinajstić information content (AvgIpc) is 2.97. The van der Waals surface area contributed by atoms with Crippen LogP contribution in [-0.4, -0.2) is 29.0 Å². The molecule has 1 fully saturated rings. The van der Waals surface area contributed by atoms with E-state index in [-0.39, 0.29) is 0 Å². The number of hydrogen-bond donors (Lipinski definition) is 1. The predicted molar refractivity (Wildman–Crippen MR) is 75.3 cm³/mol. The Morgan fingerprint density at radius 1 is 1.19 bits per heavy atom. The summed E-state index contributed by atoms with van der Waals surface area (Å²) >= 11 is 0. The SMILES string of the molecule is FC(F)(F)c1cccc2[nH]c3c(c12)CC1CCCN1CC3. The van der Waals surface area contributed by atoms with E-state index in [1.807, 2.05) is 0 Å². The van der Waals surface area contributed by atoms with E-state index in [0.717, 1.165) is 50.0 Å². The Bertz CT molecular complexity index is 687. The lowest BCUT2D eigenvalue weighted by Gasteiger charge is -2.21. The molecule has 0 amide bonds. The van der Waals surface area contributed by atoms with Crippen molar-refractivity contribution in [2.24, 2.45) is 0 Å². The van der Waals surface area contributed by atoms with Crippen molar-refractivity contribution in [3.63, 3.8) is 0 Å². The second kappa shape index (κ2) is 4.50. The maximum atomic E-state index is 13.3. The summed E-state index contributed by atoms with van der Waals surface area (Å²) in [5.74, 6) is 0. The van der Waals surface area contributed by atoms with Gasteiger partial charge in [0, 0.05) is 35.6 Å². The van der Waals surface area contributed by atoms with Crippen molar-refractivity contribution < 1.29 is 13.2 Å². The number of aromatic amines is 1. The highest BCUT2D eigenvalue weighted by atomic mass is 19.4. The van der Waals surface area contributed by atoms with E-state index in [9.17, 15) is 13.2 Å². The van der Waals surface area contributed by atoms with Crippen LogP contribution in [0.5, 0.6) is 0 Å². The van der Waals surface area contributed by atoms with E-state index in [2.05, 4.69) is 9.88 Å². The van der Waals surface area contributed by atoms with Crippen LogP contribution in [-0.2, 0) is 19.0 Å². The van der Waals surface area contributed by atoms with Crippen LogP contribution in [0.3, 0.4) is 0 Å². The maximum Gasteiger partial charge on any atom is 0.417 e. The second-order valence-electron chi connectivity index (χ2n) is 6.09. The third-order valence-electron chi connectivity index (χ3n) is 4.91. The molecule has 0 saturated carbocycles. The zero-order valence-electron chi connectivity index (χ0n) is 11.6. The number of aromatic nitrogens is 1. The molecule has 0 spiro atoms. The van der Waals surface area contributed by atoms with Gasteiger partial charge in [-0.3, -0.25) is 4.90 Å². The molecule has 21 heavy (non-hydrogen) atoms. The second-order valence-corrected chi connectivity index (χ2v) is 6.09. The Morgan fingerprint density at radius 3 is 2.86 bits per heavy atom. The van der Waals surface area contributed by atoms with Gasteiger partial charge in [0.1, 0.15) is 0 Å². The lowest BCUT2D eigenvalue weighted by Crippen LogP contribution is -2.30. The first-order valence-electron chi connectivity index (χ1n) is 7.48. The zero-order valence-corrected chi connectivity index (χ0v) is 11.6. The van der Waals surface area contributed by atoms with Crippen LogP contribution in [0.4, 0.5) is 13.2 Å². The minimum absolute atomic E-state index is 0.397. The third kappa shape index (κ3) is 2.06. The molecule has 1 N–H and O–H groups in total. The Balaban J connectivity index is 1.90. The molecule has 1 saturated heterocycles. The topological polar surface area (TPSA) is 19.0 Å². The summed E-state index contributed by atoms with van der Waals surface area (Å²) in [7, 11) is 0. The summed E-state index contributed by atoms with van der Waals surface area (Å²) < 4.78 is 39.9. The maximum absolute atomic E-state index is 13.3. The van der Waals surface area contributed by atoms with Crippen molar-refractivity contribution in [3.05, 3.63) is 35.0 Å². The molecule has 0 aliphatic carbocycles. The van der Waals surface area contributed by atoms with E-state index in [4.69, 9.17) is 0 Å². The zero-order chi connectivity index (χ0) is 14.6. The number of halogens is 3. The molecule has 2 aliphatic rings. The number of fused-ring (bicyclic) bond motifs is 4. The normalized spacial score (nSPS) is 23.1. The Hall–Kier alpha value is -1.49. The van der Waals surface area contributed by atoms with E-state index in [0.29, 0.717) is 16.9 Å². The van der Waals surface area contributed by atoms with Crippen LogP contribution in [0, 0.1) is 0 Å². The molecule has 1 aromatic heterocycles. The summed E-state index contributed by atoms with van der Waals surface area (Å²) in [5, 5.41) is 0.397. The molecule has 5 heteroatoms. The quantitative estimate of drug-likeness (QED) is 0.784. The van der Waals surface area contributed by atoms with Crippen LogP contribution in [0.15, 0.2) is 18.2 Å². The fraction of sp³-hybridized carbons (Fsp3) is 0.500. The van der Waals surface area contributed by atoms with Gasteiger partial charge in [0.15, 0.2) is 0 Å². The van der Waals surface area contributed by atoms with Gasteiger partial charge < -0.3 is 4.98 Å². The molecule has 4 rings (SSSR count). The van der Waals surface area contributed by atoms with Crippen LogP contribution < -0.4 is 0 Å². The highest BCUT2D eigenvalue weighted by Crippen LogP contribution is 2.39. The van der Waals surface area contributed by atoms with Gasteiger partial charge in [-0.05, 0) is 43.5 Å². The minimum Gasteiger partial charge on any atom is -0.358 e. The first kappa shape index (κ1) is 13.2. The van der Waals surface area contributed by atoms with Gasteiger partial charge in [0.25, 0.3) is 0 Å². The number of nitrogens with one attached hydrogen (secondary N) is 1. The van der Waals surface area contributed by atoms with E-state index in [1.54, 1.807) is 6.07 Å². The van der Waals surface area contributed by atoms with Crippen molar-refractivity contribution in [3.8, 4) is 0 Å². The lowest BCUT2D eigenvalue weighted by atomic mass is 9.98. The largest absolute Gasteiger partial charge is 0.417 e. The number of nitrogens with zero attached hydrogens (tertiary/aromatic N) is 1. The smallest absolute Gasteiger partial charge is 0.358 e. The first-order valence-corrected chi connectivity index (χ1v) is 7.48. The summed E-state index contributed by atoms with van der Waals surface area (Å²) in [6.07, 6.45) is -0.480. The van der Waals surface area contributed by atoms with Crippen LogP contribution in [0.25, 0.3) is 10.9 Å². The summed E-state index contributed by atoms with van der Waals surface area (Å²) in [6.45, 7) is 2.03. The highest BCUT2D eigenvalue weighted by Gasteiger charge is 2.36. The predicted octanol–water partition coefficient (Wildman–Crippen LogP) is 3.75. The van der Waals surface area contributed by atoms with Crippen molar-refractivity contribution in [1.82, 2.24) is 9.88 Å². The lowest BCUT2D eigenvalue weighted by molar-refractivity contribution is -0.136. The molecular weight excluding hydrogens is 277 g/mol. The van der Waals surface area contributed by atoms with Gasteiger partial charge in [0.2, 0.25) is 0 Å². The average molecular weight is 294 g/mol. The molecule has 3 heterocycles. The molecule has 0 radical (unpaired) electrons. The van der Waals surface area contributed by atoms with Gasteiger partial charge in [-0.15, -0.1) is 0 Å². The summed E-state index contributed by atoms with van der Waals surface area (Å²) in [6, 6.07) is 4.86. The van der Waals surface area contributed by atoms with Crippen molar-refractivity contribution in [1.29, 1.82) is 0 Å². The van der Waals surface area contributed by atoms with Crippen molar-refractivity contribution in [2.45, 2.75) is 37.9 Å². The standard InChI is InChI=1S/C16H17F3N2/c17-16(18,19)12-4-1-5-14-15(12)11-9-10-3-2-7-21(10)8-6-13(11)20-14/h1,4-5,10,20H,2-3,6-9H2. The Kier molecular flexibility index (Phi) is 2.83. The molecule has 2 aliphatic heterocycles. The van der Waals surface area contributed by atoms with Gasteiger partial charge in [-0.1, -0.05) is 6.07 Å². The molecule has 112 valence electrons. The fourth-order valence-electron chi connectivity index (χ4n) is 3.96. The number of benzene rings is 1.